The molecule has 1 aromatic carbocycles. The lowest BCUT2D eigenvalue weighted by atomic mass is 10.1. The second-order valence-electron chi connectivity index (χ2n) is 5.99. The van der Waals surface area contributed by atoms with Gasteiger partial charge in [-0.3, -0.25) is 0 Å². The van der Waals surface area contributed by atoms with Gasteiger partial charge in [-0.1, -0.05) is 36.4 Å². The van der Waals surface area contributed by atoms with E-state index in [4.69, 9.17) is 0 Å². The van der Waals surface area contributed by atoms with Crippen LogP contribution >= 0.6 is 24.0 Å². The van der Waals surface area contributed by atoms with Gasteiger partial charge in [0, 0.05) is 25.0 Å². The number of hydrogen-bond donors (Lipinski definition) is 2. The van der Waals surface area contributed by atoms with Crippen molar-refractivity contribution in [3.05, 3.63) is 71.7 Å². The van der Waals surface area contributed by atoms with Crippen molar-refractivity contribution in [3.63, 3.8) is 0 Å². The van der Waals surface area contributed by atoms with Crippen molar-refractivity contribution in [1.29, 1.82) is 0 Å². The number of guanidine groups is 1. The molecule has 0 saturated heterocycles. The van der Waals surface area contributed by atoms with Gasteiger partial charge >= 0.3 is 0 Å². The monoisotopic (exact) mass is 463 g/mol. The Labute approximate surface area is 172 Å². The van der Waals surface area contributed by atoms with E-state index in [0.29, 0.717) is 6.54 Å². The van der Waals surface area contributed by atoms with Gasteiger partial charge in [0.1, 0.15) is 5.65 Å². The van der Waals surface area contributed by atoms with Crippen molar-refractivity contribution in [3.8, 4) is 0 Å². The van der Waals surface area contributed by atoms with Crippen LogP contribution in [0, 0.1) is 6.92 Å². The van der Waals surface area contributed by atoms with E-state index in [2.05, 4.69) is 75.4 Å². The standard InChI is InChI=1S/C20H25N5.HI/c1-3-21-20(22-13-12-17-9-5-4-6-10-17)23-14-18-15-25-16(2)8-7-11-19(25)24-18;/h4-11,15H,3,12-14H2,1-2H3,(H2,21,22,23);1H. The fourth-order valence-corrected chi connectivity index (χ4v) is 2.75. The lowest BCUT2D eigenvalue weighted by molar-refractivity contribution is 0.797. The van der Waals surface area contributed by atoms with Crippen LogP contribution in [0.1, 0.15) is 23.9 Å². The number of benzene rings is 1. The van der Waals surface area contributed by atoms with Gasteiger partial charge in [-0.25, -0.2) is 9.98 Å². The lowest BCUT2D eigenvalue weighted by Gasteiger charge is -2.10. The van der Waals surface area contributed by atoms with Crippen LogP contribution in [-0.2, 0) is 13.0 Å². The van der Waals surface area contributed by atoms with Crippen LogP contribution in [0.4, 0.5) is 0 Å². The molecule has 0 amide bonds. The smallest absolute Gasteiger partial charge is 0.191 e. The lowest BCUT2D eigenvalue weighted by Crippen LogP contribution is -2.38. The maximum Gasteiger partial charge on any atom is 0.191 e. The van der Waals surface area contributed by atoms with Crippen LogP contribution in [-0.4, -0.2) is 28.4 Å². The Kier molecular flexibility index (Phi) is 7.90. The zero-order valence-corrected chi connectivity index (χ0v) is 17.6. The molecule has 5 nitrogen and oxygen atoms in total. The molecule has 2 heterocycles. The number of aromatic nitrogens is 2. The first-order valence-corrected chi connectivity index (χ1v) is 8.76. The highest BCUT2D eigenvalue weighted by Crippen LogP contribution is 2.09. The number of halogens is 1. The summed E-state index contributed by atoms with van der Waals surface area (Å²) in [5, 5.41) is 6.68. The zero-order valence-electron chi connectivity index (χ0n) is 15.3. The number of rotatable bonds is 6. The number of nitrogens with zero attached hydrogens (tertiary/aromatic N) is 3. The SMILES string of the molecule is CCNC(=NCc1cn2c(C)cccc2n1)NCCc1ccccc1.I. The van der Waals surface area contributed by atoms with E-state index in [1.54, 1.807) is 0 Å². The van der Waals surface area contributed by atoms with Gasteiger partial charge in [-0.05, 0) is 38.0 Å². The van der Waals surface area contributed by atoms with E-state index in [9.17, 15) is 0 Å². The summed E-state index contributed by atoms with van der Waals surface area (Å²) in [6, 6.07) is 16.6. The molecule has 3 aromatic rings. The number of fused-ring (bicyclic) bond motifs is 1. The molecular weight excluding hydrogens is 437 g/mol. The predicted octanol–water partition coefficient (Wildman–Crippen LogP) is 3.56. The van der Waals surface area contributed by atoms with Crippen LogP contribution in [0.15, 0.2) is 59.7 Å². The Balaban J connectivity index is 0.00000243. The minimum Gasteiger partial charge on any atom is -0.357 e. The third-order valence-corrected chi connectivity index (χ3v) is 4.04. The van der Waals surface area contributed by atoms with Crippen LogP contribution in [0.2, 0.25) is 0 Å². The maximum atomic E-state index is 4.66. The second-order valence-corrected chi connectivity index (χ2v) is 5.99. The number of aryl methyl sites for hydroxylation is 1. The summed E-state index contributed by atoms with van der Waals surface area (Å²) in [6.07, 6.45) is 3.03. The van der Waals surface area contributed by atoms with Gasteiger partial charge in [0.05, 0.1) is 12.2 Å². The highest BCUT2D eigenvalue weighted by molar-refractivity contribution is 14.0. The van der Waals surface area contributed by atoms with Crippen molar-refractivity contribution in [2.45, 2.75) is 26.8 Å². The third kappa shape index (κ3) is 5.45. The molecule has 26 heavy (non-hydrogen) atoms. The van der Waals surface area contributed by atoms with Crippen LogP contribution in [0.5, 0.6) is 0 Å². The summed E-state index contributed by atoms with van der Waals surface area (Å²) in [5.41, 5.74) is 4.43. The normalized spacial score (nSPS) is 11.2. The van der Waals surface area contributed by atoms with Crippen molar-refractivity contribution in [1.82, 2.24) is 20.0 Å². The molecule has 0 aliphatic rings. The Morgan fingerprint density at radius 1 is 1.08 bits per heavy atom. The first-order chi connectivity index (χ1) is 12.3. The predicted molar refractivity (Wildman–Crippen MR) is 118 cm³/mol. The summed E-state index contributed by atoms with van der Waals surface area (Å²) in [5.74, 6) is 0.826. The highest BCUT2D eigenvalue weighted by atomic mass is 127. The van der Waals surface area contributed by atoms with Crippen molar-refractivity contribution >= 4 is 35.6 Å². The molecular formula is C20H26IN5. The average molecular weight is 463 g/mol. The largest absolute Gasteiger partial charge is 0.357 e. The van der Waals surface area contributed by atoms with Gasteiger partial charge < -0.3 is 15.0 Å². The first kappa shape index (κ1) is 20.2. The summed E-state index contributed by atoms with van der Waals surface area (Å²) in [4.78, 5) is 9.29. The minimum absolute atomic E-state index is 0. The average Bonchev–Trinajstić information content (AvgIpc) is 3.05. The van der Waals surface area contributed by atoms with Crippen LogP contribution in [0.25, 0.3) is 5.65 Å². The van der Waals surface area contributed by atoms with Crippen LogP contribution < -0.4 is 10.6 Å². The van der Waals surface area contributed by atoms with Gasteiger partial charge in [-0.2, -0.15) is 0 Å². The molecule has 2 aromatic heterocycles. The molecule has 0 spiro atoms. The number of pyridine rings is 1. The molecule has 0 atom stereocenters. The quantitative estimate of drug-likeness (QED) is 0.334. The number of imidazole rings is 1. The molecule has 6 heteroatoms. The third-order valence-electron chi connectivity index (χ3n) is 4.04. The Morgan fingerprint density at radius 2 is 1.88 bits per heavy atom. The summed E-state index contributed by atoms with van der Waals surface area (Å²) in [6.45, 7) is 6.39. The zero-order chi connectivity index (χ0) is 17.5. The Hall–Kier alpha value is -2.09. The second kappa shape index (κ2) is 10.2. The molecule has 138 valence electrons. The summed E-state index contributed by atoms with van der Waals surface area (Å²) < 4.78 is 2.10. The van der Waals surface area contributed by atoms with E-state index in [-0.39, 0.29) is 24.0 Å². The fraction of sp³-hybridized carbons (Fsp3) is 0.300. The van der Waals surface area contributed by atoms with Crippen LogP contribution in [0.3, 0.4) is 0 Å². The van der Waals surface area contributed by atoms with E-state index >= 15 is 0 Å². The molecule has 0 aliphatic heterocycles. The van der Waals surface area contributed by atoms with Crippen molar-refractivity contribution in [2.75, 3.05) is 13.1 Å². The van der Waals surface area contributed by atoms with E-state index in [0.717, 1.165) is 36.8 Å². The maximum absolute atomic E-state index is 4.66. The van der Waals surface area contributed by atoms with Crippen molar-refractivity contribution < 1.29 is 0 Å². The van der Waals surface area contributed by atoms with E-state index in [1.165, 1.54) is 11.3 Å². The van der Waals surface area contributed by atoms with Gasteiger partial charge in [0.25, 0.3) is 0 Å². The van der Waals surface area contributed by atoms with E-state index in [1.807, 2.05) is 18.2 Å². The van der Waals surface area contributed by atoms with E-state index < -0.39 is 0 Å². The number of hydrogen-bond acceptors (Lipinski definition) is 2. The molecule has 3 rings (SSSR count). The molecule has 0 saturated carbocycles. The molecule has 0 unspecified atom stereocenters. The summed E-state index contributed by atoms with van der Waals surface area (Å²) >= 11 is 0. The first-order valence-electron chi connectivity index (χ1n) is 8.76. The topological polar surface area (TPSA) is 53.7 Å². The molecule has 0 aliphatic carbocycles. The molecule has 0 radical (unpaired) electrons. The van der Waals surface area contributed by atoms with Gasteiger partial charge in [0.2, 0.25) is 0 Å². The Morgan fingerprint density at radius 3 is 2.62 bits per heavy atom. The van der Waals surface area contributed by atoms with Crippen molar-refractivity contribution in [2.24, 2.45) is 4.99 Å². The summed E-state index contributed by atoms with van der Waals surface area (Å²) in [7, 11) is 0. The molecule has 2 N–H and O–H groups in total. The number of nitrogens with one attached hydrogen (secondary N) is 2. The Bertz CT molecular complexity index is 842. The number of aliphatic imine (C=N–C) groups is 1. The highest BCUT2D eigenvalue weighted by Gasteiger charge is 2.03. The molecule has 0 fully saturated rings. The molecule has 0 bridgehead atoms. The fourth-order valence-electron chi connectivity index (χ4n) is 2.75. The van der Waals surface area contributed by atoms with Gasteiger partial charge in [-0.15, -0.1) is 24.0 Å². The van der Waals surface area contributed by atoms with Gasteiger partial charge in [0.15, 0.2) is 5.96 Å². The minimum atomic E-state index is 0.